The van der Waals surface area contributed by atoms with Gasteiger partial charge in [-0.1, -0.05) is 0 Å². The Morgan fingerprint density at radius 2 is 2.50 bits per heavy atom. The summed E-state index contributed by atoms with van der Waals surface area (Å²) in [7, 11) is 0. The second-order valence-corrected chi connectivity index (χ2v) is 2.58. The molecule has 2 aliphatic heterocycles. The van der Waals surface area contributed by atoms with Crippen molar-refractivity contribution in [1.82, 2.24) is 0 Å². The molecule has 2 atom stereocenters. The molecule has 10 heavy (non-hydrogen) atoms. The zero-order valence-electron chi connectivity index (χ0n) is 5.66. The van der Waals surface area contributed by atoms with Crippen LogP contribution in [0.5, 0.6) is 0 Å². The van der Waals surface area contributed by atoms with Gasteiger partial charge < -0.3 is 9.47 Å². The molecule has 3 nitrogen and oxygen atoms in total. The molecule has 3 heteroatoms. The fourth-order valence-electron chi connectivity index (χ4n) is 1.18. The summed E-state index contributed by atoms with van der Waals surface area (Å²) >= 11 is 0. The van der Waals surface area contributed by atoms with Crippen molar-refractivity contribution < 1.29 is 14.3 Å². The van der Waals surface area contributed by atoms with E-state index in [9.17, 15) is 4.79 Å². The lowest BCUT2D eigenvalue weighted by molar-refractivity contribution is -0.142. The molecule has 0 aromatic carbocycles. The van der Waals surface area contributed by atoms with Crippen LogP contribution >= 0.6 is 0 Å². The van der Waals surface area contributed by atoms with Gasteiger partial charge in [-0.2, -0.15) is 0 Å². The highest BCUT2D eigenvalue weighted by Crippen LogP contribution is 2.23. The van der Waals surface area contributed by atoms with Crippen molar-refractivity contribution in [2.75, 3.05) is 6.61 Å². The van der Waals surface area contributed by atoms with Gasteiger partial charge in [0.25, 0.3) is 0 Å². The third-order valence-electron chi connectivity index (χ3n) is 1.80. The molecule has 0 N–H and O–H groups in total. The summed E-state index contributed by atoms with van der Waals surface area (Å²) in [6, 6.07) is 0. The van der Waals surface area contributed by atoms with Gasteiger partial charge in [0.15, 0.2) is 0 Å². The molecule has 0 aromatic heterocycles. The summed E-state index contributed by atoms with van der Waals surface area (Å²) in [5.41, 5.74) is 0.971. The van der Waals surface area contributed by atoms with Crippen molar-refractivity contribution in [1.29, 1.82) is 0 Å². The number of hydrogen-bond acceptors (Lipinski definition) is 3. The molecule has 0 radical (unpaired) electrons. The van der Waals surface area contributed by atoms with Crippen LogP contribution in [0.4, 0.5) is 0 Å². The smallest absolute Gasteiger partial charge is 0.222 e. The summed E-state index contributed by atoms with van der Waals surface area (Å²) in [6.45, 7) is 2.41. The van der Waals surface area contributed by atoms with Crippen LogP contribution in [0.1, 0.15) is 6.92 Å². The van der Waals surface area contributed by atoms with Gasteiger partial charge in [0, 0.05) is 0 Å². The Labute approximate surface area is 58.6 Å². The van der Waals surface area contributed by atoms with Gasteiger partial charge in [0.05, 0.1) is 6.61 Å². The van der Waals surface area contributed by atoms with Crippen molar-refractivity contribution in [2.24, 2.45) is 0 Å². The molecule has 0 saturated carbocycles. The van der Waals surface area contributed by atoms with E-state index < -0.39 is 6.29 Å². The standard InChI is InChI=1S/C7H8O3/c1-4-2-5(8)7-9-3-6(4)10-7/h2,6-7H,3H2,1H3. The molecule has 1 saturated heterocycles. The molecule has 2 unspecified atom stereocenters. The SMILES string of the molecule is CC1=CC(=O)C2OCC1O2. The fraction of sp³-hybridized carbons (Fsp3) is 0.571. The third-order valence-corrected chi connectivity index (χ3v) is 1.80. The Morgan fingerprint density at radius 3 is 3.30 bits per heavy atom. The predicted molar refractivity (Wildman–Crippen MR) is 33.4 cm³/mol. The Hall–Kier alpha value is -0.670. The quantitative estimate of drug-likeness (QED) is 0.484. The highest BCUT2D eigenvalue weighted by Gasteiger charge is 2.35. The minimum atomic E-state index is -0.603. The lowest BCUT2D eigenvalue weighted by Gasteiger charge is -2.14. The van der Waals surface area contributed by atoms with Crippen LogP contribution in [0.15, 0.2) is 11.6 Å². The van der Waals surface area contributed by atoms with Crippen molar-refractivity contribution in [3.05, 3.63) is 11.6 Å². The van der Waals surface area contributed by atoms with Crippen molar-refractivity contribution in [2.45, 2.75) is 19.3 Å². The molecule has 54 valence electrons. The molecule has 0 aliphatic carbocycles. The topological polar surface area (TPSA) is 35.5 Å². The summed E-state index contributed by atoms with van der Waals surface area (Å²) in [5.74, 6) is -0.0637. The highest BCUT2D eigenvalue weighted by molar-refractivity contribution is 5.94. The normalized spacial score (nSPS) is 38.1. The minimum absolute atomic E-state index is 0.0303. The van der Waals surface area contributed by atoms with Crippen molar-refractivity contribution in [3.8, 4) is 0 Å². The van der Waals surface area contributed by atoms with E-state index in [1.54, 1.807) is 6.08 Å². The van der Waals surface area contributed by atoms with Crippen LogP contribution in [0.2, 0.25) is 0 Å². The van der Waals surface area contributed by atoms with Gasteiger partial charge in [-0.15, -0.1) is 0 Å². The second kappa shape index (κ2) is 1.90. The number of ether oxygens (including phenoxy) is 2. The van der Waals surface area contributed by atoms with E-state index in [1.807, 2.05) is 6.92 Å². The average Bonchev–Trinajstić information content (AvgIpc) is 2.28. The van der Waals surface area contributed by atoms with Crippen molar-refractivity contribution in [3.63, 3.8) is 0 Å². The van der Waals surface area contributed by atoms with Gasteiger partial charge >= 0.3 is 0 Å². The van der Waals surface area contributed by atoms with Gasteiger partial charge in [0.1, 0.15) is 6.10 Å². The zero-order chi connectivity index (χ0) is 7.14. The number of ketones is 1. The minimum Gasteiger partial charge on any atom is -0.343 e. The van der Waals surface area contributed by atoms with E-state index in [-0.39, 0.29) is 11.9 Å². The average molecular weight is 140 g/mol. The lowest BCUT2D eigenvalue weighted by Crippen LogP contribution is -2.26. The molecule has 2 aliphatic rings. The molecule has 0 spiro atoms. The Morgan fingerprint density at radius 1 is 1.70 bits per heavy atom. The second-order valence-electron chi connectivity index (χ2n) is 2.58. The van der Waals surface area contributed by atoms with Crippen LogP contribution in [0, 0.1) is 0 Å². The first-order valence-electron chi connectivity index (χ1n) is 3.26. The maximum Gasteiger partial charge on any atom is 0.222 e. The summed E-state index contributed by atoms with van der Waals surface area (Å²) < 4.78 is 10.2. The fourth-order valence-corrected chi connectivity index (χ4v) is 1.18. The molecular weight excluding hydrogens is 132 g/mol. The maximum atomic E-state index is 10.9. The number of carbonyl (C=O) groups is 1. The van der Waals surface area contributed by atoms with Crippen molar-refractivity contribution >= 4 is 5.78 Å². The molecule has 0 amide bonds. The van der Waals surface area contributed by atoms with E-state index in [1.165, 1.54) is 0 Å². The van der Waals surface area contributed by atoms with E-state index in [2.05, 4.69) is 0 Å². The van der Waals surface area contributed by atoms with E-state index in [0.29, 0.717) is 6.61 Å². The van der Waals surface area contributed by atoms with Crippen LogP contribution in [-0.2, 0) is 14.3 Å². The van der Waals surface area contributed by atoms with Gasteiger partial charge in [0.2, 0.25) is 12.1 Å². The van der Waals surface area contributed by atoms with Crippen LogP contribution in [0.3, 0.4) is 0 Å². The monoisotopic (exact) mass is 140 g/mol. The molecular formula is C7H8O3. The van der Waals surface area contributed by atoms with Crippen LogP contribution in [-0.4, -0.2) is 24.8 Å². The zero-order valence-corrected chi connectivity index (χ0v) is 5.66. The lowest BCUT2D eigenvalue weighted by atomic mass is 10.1. The van der Waals surface area contributed by atoms with E-state index >= 15 is 0 Å². The molecule has 1 fully saturated rings. The first-order chi connectivity index (χ1) is 4.77. The first kappa shape index (κ1) is 6.07. The summed E-state index contributed by atoms with van der Waals surface area (Å²) in [4.78, 5) is 10.9. The third kappa shape index (κ3) is 0.711. The van der Waals surface area contributed by atoms with Gasteiger partial charge in [-0.25, -0.2) is 0 Å². The Balaban J connectivity index is 2.33. The molecule has 2 rings (SSSR count). The Kier molecular flexibility index (Phi) is 1.16. The first-order valence-corrected chi connectivity index (χ1v) is 3.26. The molecule has 2 bridgehead atoms. The van der Waals surface area contributed by atoms with E-state index in [4.69, 9.17) is 9.47 Å². The number of rotatable bonds is 0. The summed E-state index contributed by atoms with van der Waals surface area (Å²) in [5, 5.41) is 0. The summed E-state index contributed by atoms with van der Waals surface area (Å²) in [6.07, 6.45) is 1.03. The van der Waals surface area contributed by atoms with Crippen LogP contribution < -0.4 is 0 Å². The van der Waals surface area contributed by atoms with Gasteiger partial charge in [-0.3, -0.25) is 4.79 Å². The van der Waals surface area contributed by atoms with Crippen LogP contribution in [0.25, 0.3) is 0 Å². The number of carbonyl (C=O) groups excluding carboxylic acids is 1. The Bertz CT molecular complexity index is 207. The maximum absolute atomic E-state index is 10.9. The van der Waals surface area contributed by atoms with Gasteiger partial charge in [-0.05, 0) is 18.6 Å². The molecule has 2 heterocycles. The van der Waals surface area contributed by atoms with E-state index in [0.717, 1.165) is 5.57 Å². The highest BCUT2D eigenvalue weighted by atomic mass is 16.7. The largest absolute Gasteiger partial charge is 0.343 e. The number of fused-ring (bicyclic) bond motifs is 2. The molecule has 0 aromatic rings. The number of hydrogen-bond donors (Lipinski definition) is 0. The predicted octanol–water partition coefficient (Wildman–Crippen LogP) is 0.257.